The van der Waals surface area contributed by atoms with Crippen LogP contribution in [0.15, 0.2) is 18.2 Å². The molecule has 0 aromatic heterocycles. The van der Waals surface area contributed by atoms with Crippen molar-refractivity contribution in [2.75, 3.05) is 0 Å². The second-order valence-corrected chi connectivity index (χ2v) is 5.76. The molecule has 1 nitrogen and oxygen atoms in total. The van der Waals surface area contributed by atoms with Crippen molar-refractivity contribution in [2.45, 2.75) is 51.9 Å². The Labute approximate surface area is 115 Å². The second kappa shape index (κ2) is 6.70. The quantitative estimate of drug-likeness (QED) is 0.758. The van der Waals surface area contributed by atoms with E-state index in [2.05, 4.69) is 6.92 Å². The van der Waals surface area contributed by atoms with Crippen LogP contribution in [0.2, 0.25) is 0 Å². The minimum Gasteiger partial charge on any atom is -0.206 e. The Morgan fingerprint density at radius 1 is 1.21 bits per heavy atom. The third-order valence-corrected chi connectivity index (χ3v) is 4.54. The number of benzene rings is 1. The smallest absolute Gasteiger partial charge is 0.141 e. The van der Waals surface area contributed by atoms with E-state index in [4.69, 9.17) is 5.26 Å². The fourth-order valence-corrected chi connectivity index (χ4v) is 3.10. The zero-order valence-corrected chi connectivity index (χ0v) is 11.7. The van der Waals surface area contributed by atoms with Gasteiger partial charge in [-0.05, 0) is 42.4 Å². The SMILES string of the molecule is CC[C@H]1CC[C@H](CCc2ccc(C#N)c(F)c2)CC1. The molecular weight excluding hydrogens is 237 g/mol. The lowest BCUT2D eigenvalue weighted by Crippen LogP contribution is -2.14. The van der Waals surface area contributed by atoms with E-state index in [1.54, 1.807) is 6.07 Å². The Hall–Kier alpha value is -1.36. The van der Waals surface area contributed by atoms with Crippen molar-refractivity contribution in [1.29, 1.82) is 5.26 Å². The molecule has 1 aliphatic carbocycles. The molecule has 0 heterocycles. The number of halogens is 1. The zero-order chi connectivity index (χ0) is 13.7. The lowest BCUT2D eigenvalue weighted by atomic mass is 9.78. The highest BCUT2D eigenvalue weighted by Gasteiger charge is 2.19. The largest absolute Gasteiger partial charge is 0.206 e. The normalized spacial score (nSPS) is 23.0. The van der Waals surface area contributed by atoms with Crippen LogP contribution in [0.4, 0.5) is 4.39 Å². The molecule has 0 unspecified atom stereocenters. The standard InChI is InChI=1S/C17H22FN/c1-2-13-3-5-14(6-4-13)7-8-15-9-10-16(12-19)17(18)11-15/h9-11,13-14H,2-8H2,1H3/t13-,14-. The minimum absolute atomic E-state index is 0.146. The van der Waals surface area contributed by atoms with Gasteiger partial charge in [-0.15, -0.1) is 0 Å². The van der Waals surface area contributed by atoms with Crippen molar-refractivity contribution in [3.8, 4) is 6.07 Å². The number of aryl methyl sites for hydroxylation is 1. The van der Waals surface area contributed by atoms with Crippen LogP contribution >= 0.6 is 0 Å². The Morgan fingerprint density at radius 2 is 1.89 bits per heavy atom. The third kappa shape index (κ3) is 3.80. The van der Waals surface area contributed by atoms with Crippen molar-refractivity contribution >= 4 is 0 Å². The van der Waals surface area contributed by atoms with Gasteiger partial charge < -0.3 is 0 Å². The van der Waals surface area contributed by atoms with Gasteiger partial charge in [0.2, 0.25) is 0 Å². The number of nitrogens with zero attached hydrogens (tertiary/aromatic N) is 1. The van der Waals surface area contributed by atoms with Crippen LogP contribution in [0, 0.1) is 29.0 Å². The summed E-state index contributed by atoms with van der Waals surface area (Å²) >= 11 is 0. The zero-order valence-electron chi connectivity index (χ0n) is 11.7. The van der Waals surface area contributed by atoms with Gasteiger partial charge in [0.05, 0.1) is 5.56 Å². The van der Waals surface area contributed by atoms with E-state index >= 15 is 0 Å². The Bertz CT molecular complexity index is 453. The van der Waals surface area contributed by atoms with Crippen LogP contribution in [-0.2, 0) is 6.42 Å². The van der Waals surface area contributed by atoms with Crippen LogP contribution in [0.5, 0.6) is 0 Å². The first kappa shape index (κ1) is 14.1. The van der Waals surface area contributed by atoms with E-state index in [1.807, 2.05) is 12.1 Å². The van der Waals surface area contributed by atoms with Crippen LogP contribution in [0.1, 0.15) is 56.6 Å². The molecule has 19 heavy (non-hydrogen) atoms. The first-order valence-corrected chi connectivity index (χ1v) is 7.41. The molecule has 0 saturated heterocycles. The van der Waals surface area contributed by atoms with Gasteiger partial charge in [0.25, 0.3) is 0 Å². The highest BCUT2D eigenvalue weighted by Crippen LogP contribution is 2.33. The van der Waals surface area contributed by atoms with E-state index in [-0.39, 0.29) is 11.4 Å². The maximum Gasteiger partial charge on any atom is 0.141 e. The molecule has 1 aromatic rings. The number of nitriles is 1. The van der Waals surface area contributed by atoms with Gasteiger partial charge in [0.15, 0.2) is 0 Å². The average molecular weight is 259 g/mol. The second-order valence-electron chi connectivity index (χ2n) is 5.76. The molecule has 1 fully saturated rings. The summed E-state index contributed by atoms with van der Waals surface area (Å²) in [5.74, 6) is 1.36. The fraction of sp³-hybridized carbons (Fsp3) is 0.588. The van der Waals surface area contributed by atoms with Gasteiger partial charge in [-0.2, -0.15) is 5.26 Å². The lowest BCUT2D eigenvalue weighted by Gasteiger charge is -2.27. The van der Waals surface area contributed by atoms with Crippen molar-refractivity contribution in [1.82, 2.24) is 0 Å². The number of rotatable bonds is 4. The molecule has 0 bridgehead atoms. The predicted molar refractivity (Wildman–Crippen MR) is 75.2 cm³/mol. The molecule has 2 heteroatoms. The molecule has 0 radical (unpaired) electrons. The maximum atomic E-state index is 13.5. The van der Waals surface area contributed by atoms with Crippen LogP contribution in [-0.4, -0.2) is 0 Å². The van der Waals surface area contributed by atoms with Gasteiger partial charge in [0, 0.05) is 0 Å². The van der Waals surface area contributed by atoms with Crippen molar-refractivity contribution < 1.29 is 4.39 Å². The summed E-state index contributed by atoms with van der Waals surface area (Å²) < 4.78 is 13.5. The van der Waals surface area contributed by atoms with E-state index < -0.39 is 0 Å². The molecule has 0 spiro atoms. The Morgan fingerprint density at radius 3 is 2.47 bits per heavy atom. The average Bonchev–Trinajstić information content (AvgIpc) is 2.46. The van der Waals surface area contributed by atoms with E-state index in [9.17, 15) is 4.39 Å². The molecule has 0 aliphatic heterocycles. The number of hydrogen-bond donors (Lipinski definition) is 0. The van der Waals surface area contributed by atoms with Crippen molar-refractivity contribution in [2.24, 2.45) is 11.8 Å². The van der Waals surface area contributed by atoms with Crippen molar-refractivity contribution in [3.05, 3.63) is 35.1 Å². The summed E-state index contributed by atoms with van der Waals surface area (Å²) in [4.78, 5) is 0. The minimum atomic E-state index is -0.380. The molecule has 102 valence electrons. The highest BCUT2D eigenvalue weighted by atomic mass is 19.1. The Balaban J connectivity index is 1.83. The first-order chi connectivity index (χ1) is 9.22. The van der Waals surface area contributed by atoms with Crippen molar-refractivity contribution in [3.63, 3.8) is 0 Å². The van der Waals surface area contributed by atoms with Crippen LogP contribution in [0.25, 0.3) is 0 Å². The molecule has 1 aliphatic rings. The summed E-state index contributed by atoms with van der Waals surface area (Å²) in [6.07, 6.45) is 8.79. The molecular formula is C17H22FN. The summed E-state index contributed by atoms with van der Waals surface area (Å²) in [7, 11) is 0. The number of hydrogen-bond acceptors (Lipinski definition) is 1. The first-order valence-electron chi connectivity index (χ1n) is 7.41. The fourth-order valence-electron chi connectivity index (χ4n) is 3.10. The van der Waals surface area contributed by atoms with Gasteiger partial charge in [0.1, 0.15) is 11.9 Å². The monoisotopic (exact) mass is 259 g/mol. The van der Waals surface area contributed by atoms with Gasteiger partial charge >= 0.3 is 0 Å². The maximum absolute atomic E-state index is 13.5. The predicted octanol–water partition coefficient (Wildman–Crippen LogP) is 4.85. The van der Waals surface area contributed by atoms with E-state index in [1.165, 1.54) is 38.2 Å². The lowest BCUT2D eigenvalue weighted by molar-refractivity contribution is 0.259. The highest BCUT2D eigenvalue weighted by molar-refractivity contribution is 5.33. The molecule has 1 saturated carbocycles. The molecule has 0 amide bonds. The summed E-state index contributed by atoms with van der Waals surface area (Å²) in [5.41, 5.74) is 1.17. The molecule has 1 aromatic carbocycles. The molecule has 2 rings (SSSR count). The summed E-state index contributed by atoms with van der Waals surface area (Å²) in [6, 6.07) is 6.87. The molecule has 0 atom stereocenters. The summed E-state index contributed by atoms with van der Waals surface area (Å²) in [6.45, 7) is 2.28. The van der Waals surface area contributed by atoms with Gasteiger partial charge in [-0.1, -0.05) is 45.1 Å². The van der Waals surface area contributed by atoms with Gasteiger partial charge in [-0.3, -0.25) is 0 Å². The van der Waals surface area contributed by atoms with Crippen LogP contribution in [0.3, 0.4) is 0 Å². The van der Waals surface area contributed by atoms with Gasteiger partial charge in [-0.25, -0.2) is 4.39 Å². The van der Waals surface area contributed by atoms with E-state index in [0.717, 1.165) is 30.2 Å². The summed E-state index contributed by atoms with van der Waals surface area (Å²) in [5, 5.41) is 8.70. The molecule has 0 N–H and O–H groups in total. The van der Waals surface area contributed by atoms with Crippen LogP contribution < -0.4 is 0 Å². The Kier molecular flexibility index (Phi) is 4.96. The third-order valence-electron chi connectivity index (χ3n) is 4.54. The topological polar surface area (TPSA) is 23.8 Å². The van der Waals surface area contributed by atoms with E-state index in [0.29, 0.717) is 0 Å².